The summed E-state index contributed by atoms with van der Waals surface area (Å²) in [4.78, 5) is 36.7. The Morgan fingerprint density at radius 3 is 2.74 bits per heavy atom. The quantitative estimate of drug-likeness (QED) is 0.301. The van der Waals surface area contributed by atoms with Gasteiger partial charge in [0.25, 0.3) is 5.56 Å². The van der Waals surface area contributed by atoms with Crippen LogP contribution in [0.3, 0.4) is 0 Å². The van der Waals surface area contributed by atoms with Crippen LogP contribution < -0.4 is 21.6 Å². The SMILES string of the molecule is O=c1ccn([C@@H]2O[C@H](Cn3cc(COc4ccc5ccc(=O)oc5c4)nn3)[C@@H](O)[C@H]2O)c(=O)[nH]1. The molecule has 1 fully saturated rings. The van der Waals surface area contributed by atoms with Gasteiger partial charge in [0.1, 0.15) is 41.9 Å². The topological polar surface area (TPSA) is 175 Å². The van der Waals surface area contributed by atoms with E-state index in [1.807, 2.05) is 0 Å². The Bertz CT molecular complexity index is 1510. The average Bonchev–Trinajstić information content (AvgIpc) is 3.37. The van der Waals surface area contributed by atoms with Crippen LogP contribution in [-0.4, -0.2) is 53.1 Å². The van der Waals surface area contributed by atoms with Gasteiger partial charge in [-0.2, -0.15) is 0 Å². The minimum absolute atomic E-state index is 0.0426. The first-order valence-electron chi connectivity index (χ1n) is 10.3. The van der Waals surface area contributed by atoms with Crippen molar-refractivity contribution < 1.29 is 24.1 Å². The lowest BCUT2D eigenvalue weighted by molar-refractivity contribution is -0.0450. The average molecular weight is 469 g/mol. The molecule has 5 rings (SSSR count). The summed E-state index contributed by atoms with van der Waals surface area (Å²) in [6.07, 6.45) is -2.00. The lowest BCUT2D eigenvalue weighted by Crippen LogP contribution is -2.37. The third kappa shape index (κ3) is 4.26. The third-order valence-electron chi connectivity index (χ3n) is 5.40. The van der Waals surface area contributed by atoms with Crippen molar-refractivity contribution in [2.45, 2.75) is 37.7 Å². The van der Waals surface area contributed by atoms with Crippen LogP contribution in [0, 0.1) is 0 Å². The van der Waals surface area contributed by atoms with Crippen molar-refractivity contribution in [3.05, 3.63) is 85.7 Å². The predicted molar refractivity (Wildman–Crippen MR) is 114 cm³/mol. The van der Waals surface area contributed by atoms with E-state index in [1.165, 1.54) is 16.9 Å². The number of aliphatic hydroxyl groups excluding tert-OH is 2. The number of aliphatic hydroxyl groups is 2. The number of fused-ring (bicyclic) bond motifs is 1. The number of aromatic nitrogens is 5. The van der Waals surface area contributed by atoms with Gasteiger partial charge in [-0.25, -0.2) is 14.3 Å². The highest BCUT2D eigenvalue weighted by molar-refractivity contribution is 5.77. The molecule has 0 radical (unpaired) electrons. The maximum atomic E-state index is 12.0. The normalized spacial score (nSPS) is 22.3. The Hall–Kier alpha value is -4.07. The van der Waals surface area contributed by atoms with Crippen LogP contribution in [0.25, 0.3) is 11.0 Å². The molecule has 1 saturated heterocycles. The highest BCUT2D eigenvalue weighted by Crippen LogP contribution is 2.29. The van der Waals surface area contributed by atoms with Crippen LogP contribution >= 0.6 is 0 Å². The molecule has 4 aromatic rings. The molecule has 0 saturated carbocycles. The Morgan fingerprint density at radius 1 is 1.09 bits per heavy atom. The van der Waals surface area contributed by atoms with Crippen molar-refractivity contribution in [3.63, 3.8) is 0 Å². The molecule has 1 aromatic carbocycles. The van der Waals surface area contributed by atoms with Crippen molar-refractivity contribution in [1.29, 1.82) is 0 Å². The van der Waals surface area contributed by atoms with E-state index in [0.717, 1.165) is 16.0 Å². The van der Waals surface area contributed by atoms with E-state index in [9.17, 15) is 24.6 Å². The van der Waals surface area contributed by atoms with E-state index >= 15 is 0 Å². The molecule has 0 bridgehead atoms. The third-order valence-corrected chi connectivity index (χ3v) is 5.40. The molecule has 13 heteroatoms. The van der Waals surface area contributed by atoms with Crippen LogP contribution in [0.5, 0.6) is 5.75 Å². The molecule has 1 aliphatic rings. The van der Waals surface area contributed by atoms with E-state index in [4.69, 9.17) is 13.9 Å². The minimum atomic E-state index is -1.40. The summed E-state index contributed by atoms with van der Waals surface area (Å²) < 4.78 is 18.9. The molecule has 13 nitrogen and oxygen atoms in total. The smallest absolute Gasteiger partial charge is 0.336 e. The molecule has 4 atom stereocenters. The van der Waals surface area contributed by atoms with Gasteiger partial charge in [-0.1, -0.05) is 5.21 Å². The van der Waals surface area contributed by atoms with E-state index in [0.29, 0.717) is 17.0 Å². The number of aromatic amines is 1. The molecular weight excluding hydrogens is 450 g/mol. The number of hydrogen-bond acceptors (Lipinski definition) is 10. The number of rotatable bonds is 6. The second-order valence-corrected chi connectivity index (χ2v) is 7.74. The molecule has 3 N–H and O–H groups in total. The summed E-state index contributed by atoms with van der Waals surface area (Å²) >= 11 is 0. The van der Waals surface area contributed by atoms with Gasteiger partial charge in [-0.15, -0.1) is 5.10 Å². The second-order valence-electron chi connectivity index (χ2n) is 7.74. The Balaban J connectivity index is 1.24. The van der Waals surface area contributed by atoms with Crippen molar-refractivity contribution in [1.82, 2.24) is 24.5 Å². The van der Waals surface area contributed by atoms with Crippen LogP contribution in [-0.2, 0) is 17.9 Å². The number of hydrogen-bond donors (Lipinski definition) is 3. The summed E-state index contributed by atoms with van der Waals surface area (Å²) in [6.45, 7) is 0.121. The van der Waals surface area contributed by atoms with Crippen molar-refractivity contribution >= 4 is 11.0 Å². The maximum Gasteiger partial charge on any atom is 0.336 e. The van der Waals surface area contributed by atoms with Crippen LogP contribution in [0.4, 0.5) is 0 Å². The highest BCUT2D eigenvalue weighted by Gasteiger charge is 2.44. The fourth-order valence-electron chi connectivity index (χ4n) is 3.70. The minimum Gasteiger partial charge on any atom is -0.487 e. The number of nitrogens with one attached hydrogen (secondary N) is 1. The monoisotopic (exact) mass is 469 g/mol. The van der Waals surface area contributed by atoms with Crippen LogP contribution in [0.1, 0.15) is 11.9 Å². The Kier molecular flexibility index (Phi) is 5.57. The zero-order chi connectivity index (χ0) is 23.8. The predicted octanol–water partition coefficient (Wildman–Crippen LogP) is -0.867. The van der Waals surface area contributed by atoms with Crippen LogP contribution in [0.15, 0.2) is 67.6 Å². The van der Waals surface area contributed by atoms with Gasteiger partial charge in [-0.05, 0) is 18.2 Å². The van der Waals surface area contributed by atoms with Gasteiger partial charge in [0, 0.05) is 29.8 Å². The first-order valence-corrected chi connectivity index (χ1v) is 10.3. The van der Waals surface area contributed by atoms with Gasteiger partial charge in [0.05, 0.1) is 12.7 Å². The van der Waals surface area contributed by atoms with Gasteiger partial charge in [-0.3, -0.25) is 14.3 Å². The van der Waals surface area contributed by atoms with Gasteiger partial charge < -0.3 is 24.1 Å². The standard InChI is InChI=1S/C21H19N5O8/c27-16-5-6-26(21(31)22-16)20-19(30)18(29)15(34-20)9-25-8-12(23-24-25)10-32-13-3-1-11-2-4-17(28)33-14(11)7-13/h1-8,15,18-20,29-30H,9-10H2,(H,22,27,31)/t15-,18-,19-,20-/m1/s1. The van der Waals surface area contributed by atoms with Crippen molar-refractivity contribution in [2.24, 2.45) is 0 Å². The fraction of sp³-hybridized carbons (Fsp3) is 0.286. The zero-order valence-corrected chi connectivity index (χ0v) is 17.5. The summed E-state index contributed by atoms with van der Waals surface area (Å²) in [7, 11) is 0. The van der Waals surface area contributed by atoms with Crippen LogP contribution in [0.2, 0.25) is 0 Å². The Labute approximate surface area is 189 Å². The molecular formula is C21H19N5O8. The van der Waals surface area contributed by atoms with Crippen molar-refractivity contribution in [3.8, 4) is 5.75 Å². The number of benzene rings is 1. The number of ether oxygens (including phenoxy) is 2. The largest absolute Gasteiger partial charge is 0.487 e. The fourth-order valence-corrected chi connectivity index (χ4v) is 3.70. The summed E-state index contributed by atoms with van der Waals surface area (Å²) in [5.74, 6) is 0.475. The molecule has 0 aliphatic carbocycles. The summed E-state index contributed by atoms with van der Waals surface area (Å²) in [5.41, 5.74) is -0.928. The van der Waals surface area contributed by atoms with E-state index in [-0.39, 0.29) is 13.2 Å². The molecule has 0 unspecified atom stereocenters. The summed E-state index contributed by atoms with van der Waals surface area (Å²) in [5, 5.41) is 29.5. The molecule has 0 spiro atoms. The van der Waals surface area contributed by atoms with E-state index < -0.39 is 41.4 Å². The lowest BCUT2D eigenvalue weighted by atomic mass is 10.1. The Morgan fingerprint density at radius 2 is 1.91 bits per heavy atom. The van der Waals surface area contributed by atoms with Gasteiger partial charge >= 0.3 is 11.3 Å². The first kappa shape index (κ1) is 21.8. The number of H-pyrrole nitrogens is 1. The molecule has 3 aromatic heterocycles. The molecule has 0 amide bonds. The van der Waals surface area contributed by atoms with Crippen molar-refractivity contribution in [2.75, 3.05) is 0 Å². The number of nitrogens with zero attached hydrogens (tertiary/aromatic N) is 4. The van der Waals surface area contributed by atoms with Gasteiger partial charge in [0.15, 0.2) is 6.23 Å². The highest BCUT2D eigenvalue weighted by atomic mass is 16.6. The molecule has 176 valence electrons. The molecule has 1 aliphatic heterocycles. The molecule has 4 heterocycles. The van der Waals surface area contributed by atoms with E-state index in [1.54, 1.807) is 30.5 Å². The zero-order valence-electron chi connectivity index (χ0n) is 17.5. The summed E-state index contributed by atoms with van der Waals surface area (Å²) in [6, 6.07) is 9.21. The molecule has 34 heavy (non-hydrogen) atoms. The maximum absolute atomic E-state index is 12.0. The lowest BCUT2D eigenvalue weighted by Gasteiger charge is -2.16. The van der Waals surface area contributed by atoms with Gasteiger partial charge in [0.2, 0.25) is 0 Å². The second kappa shape index (κ2) is 8.70. The van der Waals surface area contributed by atoms with E-state index in [2.05, 4.69) is 15.3 Å². The first-order chi connectivity index (χ1) is 16.4.